The summed E-state index contributed by atoms with van der Waals surface area (Å²) >= 11 is 0. The quantitative estimate of drug-likeness (QED) is 0.473. The van der Waals surface area contributed by atoms with E-state index < -0.39 is 21.0 Å². The van der Waals surface area contributed by atoms with Gasteiger partial charge in [0, 0.05) is 6.42 Å². The summed E-state index contributed by atoms with van der Waals surface area (Å²) in [5, 5.41) is 1.05. The molecular weight excluding hydrogens is 398 g/mol. The SMILES string of the molecule is CCCCC(CC(=O)NOCc1ccccc1)S(=O)(=O)c1ccc2ccccc2c1. The van der Waals surface area contributed by atoms with Crippen LogP contribution in [0.25, 0.3) is 10.8 Å². The molecular formula is C24H27NO4S. The molecule has 0 radical (unpaired) electrons. The number of amides is 1. The first-order valence-electron chi connectivity index (χ1n) is 10.2. The van der Waals surface area contributed by atoms with Crippen LogP contribution in [0.5, 0.6) is 0 Å². The lowest BCUT2D eigenvalue weighted by Crippen LogP contribution is -2.31. The van der Waals surface area contributed by atoms with Crippen molar-refractivity contribution in [1.29, 1.82) is 0 Å². The van der Waals surface area contributed by atoms with Gasteiger partial charge in [0.1, 0.15) is 0 Å². The van der Waals surface area contributed by atoms with Crippen LogP contribution in [0.3, 0.4) is 0 Å². The molecule has 0 spiro atoms. The molecule has 0 aliphatic rings. The van der Waals surface area contributed by atoms with E-state index in [-0.39, 0.29) is 17.9 Å². The summed E-state index contributed by atoms with van der Waals surface area (Å²) in [4.78, 5) is 17.9. The summed E-state index contributed by atoms with van der Waals surface area (Å²) in [6.45, 7) is 2.23. The van der Waals surface area contributed by atoms with Gasteiger partial charge in [-0.1, -0.05) is 80.4 Å². The molecule has 3 aromatic carbocycles. The third-order valence-corrected chi connectivity index (χ3v) is 7.24. The number of fused-ring (bicyclic) bond motifs is 1. The molecule has 0 aliphatic heterocycles. The Morgan fingerprint density at radius 2 is 1.67 bits per heavy atom. The van der Waals surface area contributed by atoms with Gasteiger partial charge in [0.05, 0.1) is 16.8 Å². The van der Waals surface area contributed by atoms with Gasteiger partial charge in [0.15, 0.2) is 9.84 Å². The molecule has 1 atom stereocenters. The van der Waals surface area contributed by atoms with Gasteiger partial charge < -0.3 is 0 Å². The van der Waals surface area contributed by atoms with E-state index >= 15 is 0 Å². The van der Waals surface area contributed by atoms with E-state index in [1.54, 1.807) is 12.1 Å². The lowest BCUT2D eigenvalue weighted by Gasteiger charge is -2.18. The number of carbonyl (C=O) groups excluding carboxylic acids is 1. The molecule has 0 bridgehead atoms. The van der Waals surface area contributed by atoms with Gasteiger partial charge >= 0.3 is 0 Å². The monoisotopic (exact) mass is 425 g/mol. The topological polar surface area (TPSA) is 72.5 Å². The summed E-state index contributed by atoms with van der Waals surface area (Å²) in [7, 11) is -3.65. The van der Waals surface area contributed by atoms with E-state index in [1.165, 1.54) is 0 Å². The molecule has 1 amide bonds. The van der Waals surface area contributed by atoms with Crippen LogP contribution in [0.15, 0.2) is 77.7 Å². The molecule has 158 valence electrons. The molecule has 0 aliphatic carbocycles. The molecule has 6 heteroatoms. The highest BCUT2D eigenvalue weighted by Gasteiger charge is 2.29. The van der Waals surface area contributed by atoms with Crippen LogP contribution in [0.4, 0.5) is 0 Å². The van der Waals surface area contributed by atoms with Crippen LogP contribution >= 0.6 is 0 Å². The predicted octanol–water partition coefficient (Wildman–Crippen LogP) is 4.81. The Hall–Kier alpha value is -2.70. The van der Waals surface area contributed by atoms with Crippen molar-refractivity contribution in [3.8, 4) is 0 Å². The molecule has 1 unspecified atom stereocenters. The summed E-state index contributed by atoms with van der Waals surface area (Å²) in [6.07, 6.45) is 1.88. The fraction of sp³-hybridized carbons (Fsp3) is 0.292. The predicted molar refractivity (Wildman–Crippen MR) is 118 cm³/mol. The number of hydrogen-bond acceptors (Lipinski definition) is 4. The summed E-state index contributed by atoms with van der Waals surface area (Å²) in [5.41, 5.74) is 3.31. The molecule has 3 rings (SSSR count). The Morgan fingerprint density at radius 1 is 0.967 bits per heavy atom. The van der Waals surface area contributed by atoms with Crippen LogP contribution in [-0.4, -0.2) is 19.6 Å². The number of hydroxylamine groups is 1. The van der Waals surface area contributed by atoms with Gasteiger partial charge in [0.2, 0.25) is 5.91 Å². The fourth-order valence-electron chi connectivity index (χ4n) is 3.36. The maximum atomic E-state index is 13.3. The van der Waals surface area contributed by atoms with Crippen molar-refractivity contribution < 1.29 is 18.0 Å². The van der Waals surface area contributed by atoms with Crippen molar-refractivity contribution in [2.45, 2.75) is 49.4 Å². The number of carbonyl (C=O) groups is 1. The maximum Gasteiger partial charge on any atom is 0.244 e. The standard InChI is InChI=1S/C24H27NO4S/c1-2-3-13-22(17-24(26)25-29-18-19-9-5-4-6-10-19)30(27,28)23-15-14-20-11-7-8-12-21(20)16-23/h4-12,14-16,22H,2-3,13,17-18H2,1H3,(H,25,26). The summed E-state index contributed by atoms with van der Waals surface area (Å²) in [6, 6.07) is 22.2. The van der Waals surface area contributed by atoms with Crippen LogP contribution in [-0.2, 0) is 26.1 Å². The molecule has 5 nitrogen and oxygen atoms in total. The zero-order chi connectivity index (χ0) is 21.4. The minimum Gasteiger partial charge on any atom is -0.273 e. The maximum absolute atomic E-state index is 13.3. The first kappa shape index (κ1) is 22.0. The zero-order valence-electron chi connectivity index (χ0n) is 17.1. The molecule has 1 N–H and O–H groups in total. The van der Waals surface area contributed by atoms with Crippen molar-refractivity contribution >= 4 is 26.5 Å². The second-order valence-electron chi connectivity index (χ2n) is 7.32. The van der Waals surface area contributed by atoms with Crippen molar-refractivity contribution in [1.82, 2.24) is 5.48 Å². The largest absolute Gasteiger partial charge is 0.273 e. The third-order valence-electron chi connectivity index (χ3n) is 5.05. The Bertz CT molecular complexity index is 1080. The molecule has 3 aromatic rings. The first-order chi connectivity index (χ1) is 14.5. The number of sulfone groups is 1. The second-order valence-corrected chi connectivity index (χ2v) is 9.55. The Morgan fingerprint density at radius 3 is 2.40 bits per heavy atom. The molecule has 0 aromatic heterocycles. The molecule has 30 heavy (non-hydrogen) atoms. The average molecular weight is 426 g/mol. The highest BCUT2D eigenvalue weighted by Crippen LogP contribution is 2.26. The minimum atomic E-state index is -3.65. The number of rotatable bonds is 10. The fourth-order valence-corrected chi connectivity index (χ4v) is 5.14. The summed E-state index contributed by atoms with van der Waals surface area (Å²) < 4.78 is 26.6. The van der Waals surface area contributed by atoms with E-state index in [2.05, 4.69) is 5.48 Å². The van der Waals surface area contributed by atoms with Crippen molar-refractivity contribution in [3.05, 3.63) is 78.4 Å². The van der Waals surface area contributed by atoms with E-state index in [4.69, 9.17) is 4.84 Å². The molecule has 0 saturated heterocycles. The van der Waals surface area contributed by atoms with Crippen LogP contribution < -0.4 is 5.48 Å². The van der Waals surface area contributed by atoms with Crippen LogP contribution in [0, 0.1) is 0 Å². The Labute approximate surface area is 177 Å². The van der Waals surface area contributed by atoms with Gasteiger partial charge in [-0.25, -0.2) is 13.9 Å². The van der Waals surface area contributed by atoms with Crippen molar-refractivity contribution in [2.24, 2.45) is 0 Å². The Balaban J connectivity index is 1.70. The number of hydrogen-bond donors (Lipinski definition) is 1. The normalized spacial score (nSPS) is 12.6. The highest BCUT2D eigenvalue weighted by atomic mass is 32.2. The van der Waals surface area contributed by atoms with Crippen molar-refractivity contribution in [3.63, 3.8) is 0 Å². The number of nitrogens with one attached hydrogen (secondary N) is 1. The van der Waals surface area contributed by atoms with Gasteiger partial charge in [-0.3, -0.25) is 9.63 Å². The van der Waals surface area contributed by atoms with E-state index in [1.807, 2.05) is 67.6 Å². The Kier molecular flexibility index (Phi) is 7.60. The third kappa shape index (κ3) is 5.68. The van der Waals surface area contributed by atoms with E-state index in [0.29, 0.717) is 6.42 Å². The van der Waals surface area contributed by atoms with Crippen molar-refractivity contribution in [2.75, 3.05) is 0 Å². The molecule has 0 fully saturated rings. The highest BCUT2D eigenvalue weighted by molar-refractivity contribution is 7.92. The number of benzene rings is 3. The van der Waals surface area contributed by atoms with Crippen LogP contribution in [0.1, 0.15) is 38.2 Å². The average Bonchev–Trinajstić information content (AvgIpc) is 2.77. The summed E-state index contributed by atoms with van der Waals surface area (Å²) in [5.74, 6) is -0.434. The van der Waals surface area contributed by atoms with Gasteiger partial charge in [-0.05, 0) is 34.9 Å². The minimum absolute atomic E-state index is 0.135. The zero-order valence-corrected chi connectivity index (χ0v) is 17.9. The van der Waals surface area contributed by atoms with Gasteiger partial charge in [-0.2, -0.15) is 0 Å². The first-order valence-corrected chi connectivity index (χ1v) is 11.7. The second kappa shape index (κ2) is 10.4. The van der Waals surface area contributed by atoms with Gasteiger partial charge in [-0.15, -0.1) is 0 Å². The molecule has 0 heterocycles. The lowest BCUT2D eigenvalue weighted by molar-refractivity contribution is -0.134. The van der Waals surface area contributed by atoms with E-state index in [9.17, 15) is 13.2 Å². The van der Waals surface area contributed by atoms with Crippen LogP contribution in [0.2, 0.25) is 0 Å². The van der Waals surface area contributed by atoms with E-state index in [0.717, 1.165) is 29.2 Å². The lowest BCUT2D eigenvalue weighted by atomic mass is 10.1. The number of unbranched alkanes of at least 4 members (excludes halogenated alkanes) is 1. The van der Waals surface area contributed by atoms with Gasteiger partial charge in [0.25, 0.3) is 0 Å². The smallest absolute Gasteiger partial charge is 0.244 e. The molecule has 0 saturated carbocycles.